The number of rotatable bonds is 4. The van der Waals surface area contributed by atoms with Gasteiger partial charge in [0.2, 0.25) is 0 Å². The number of carbonyl (C=O) groups excluding carboxylic acids is 2. The van der Waals surface area contributed by atoms with Gasteiger partial charge in [-0.3, -0.25) is 24.6 Å². The van der Waals surface area contributed by atoms with Gasteiger partial charge < -0.3 is 5.11 Å². The van der Waals surface area contributed by atoms with Gasteiger partial charge in [0, 0.05) is 22.3 Å². The van der Waals surface area contributed by atoms with Crippen molar-refractivity contribution in [3.8, 4) is 0 Å². The lowest BCUT2D eigenvalue weighted by atomic mass is 9.94. The van der Waals surface area contributed by atoms with E-state index in [-0.39, 0.29) is 22.4 Å². The molecule has 0 spiro atoms. The molecule has 3 aromatic carbocycles. The van der Waals surface area contributed by atoms with E-state index in [2.05, 4.69) is 0 Å². The summed E-state index contributed by atoms with van der Waals surface area (Å²) >= 11 is 5.92. The number of aliphatic hydroxyl groups is 1. The summed E-state index contributed by atoms with van der Waals surface area (Å²) in [5, 5.41) is 23.2. The number of Topliss-reactive ketones (excluding diaryl/α,β-unsaturated/α-hetero) is 1. The third-order valence-corrected chi connectivity index (χ3v) is 5.55. The summed E-state index contributed by atoms with van der Waals surface area (Å²) < 4.78 is 0. The molecular formula is C24H17ClN2O5. The number of carbonyl (C=O) groups is 2. The summed E-state index contributed by atoms with van der Waals surface area (Å²) in [6, 6.07) is 17.6. The maximum absolute atomic E-state index is 13.1. The minimum atomic E-state index is -1.19. The largest absolute Gasteiger partial charge is 0.507 e. The molecular weight excluding hydrogens is 432 g/mol. The molecule has 8 heteroatoms. The number of nitrogens with zero attached hydrogens (tertiary/aromatic N) is 2. The van der Waals surface area contributed by atoms with E-state index < -0.39 is 28.4 Å². The Kier molecular flexibility index (Phi) is 5.50. The second-order valence-electron chi connectivity index (χ2n) is 7.33. The first-order valence-electron chi connectivity index (χ1n) is 9.66. The van der Waals surface area contributed by atoms with Crippen molar-refractivity contribution in [3.05, 3.63) is 110 Å². The smallest absolute Gasteiger partial charge is 0.300 e. The zero-order chi connectivity index (χ0) is 23.0. The lowest BCUT2D eigenvalue weighted by Gasteiger charge is -2.25. The molecule has 0 radical (unpaired) electrons. The molecule has 7 nitrogen and oxygen atoms in total. The molecule has 1 amide bonds. The number of benzene rings is 3. The summed E-state index contributed by atoms with van der Waals surface area (Å²) in [6.45, 7) is 1.87. The number of halogens is 1. The van der Waals surface area contributed by atoms with Crippen molar-refractivity contribution >= 4 is 40.4 Å². The third kappa shape index (κ3) is 3.63. The first-order chi connectivity index (χ1) is 15.3. The lowest BCUT2D eigenvalue weighted by molar-refractivity contribution is -0.385. The SMILES string of the molecule is Cc1ccc(N2C(=O)C(=O)C(=C(O)c3ccc(Cl)cc3)C2c2ccccc2[N+](=O)[O-])cc1. The molecule has 1 fully saturated rings. The molecule has 0 saturated carbocycles. The van der Waals surface area contributed by atoms with Crippen LogP contribution in [0.1, 0.15) is 22.7 Å². The van der Waals surface area contributed by atoms with Crippen molar-refractivity contribution < 1.29 is 19.6 Å². The van der Waals surface area contributed by atoms with Gasteiger partial charge in [-0.25, -0.2) is 0 Å². The van der Waals surface area contributed by atoms with Crippen LogP contribution in [-0.2, 0) is 9.59 Å². The minimum Gasteiger partial charge on any atom is -0.507 e. The Morgan fingerprint density at radius 1 is 1.00 bits per heavy atom. The van der Waals surface area contributed by atoms with Gasteiger partial charge in [0.1, 0.15) is 11.8 Å². The summed E-state index contributed by atoms with van der Waals surface area (Å²) in [5.74, 6) is -2.24. The van der Waals surface area contributed by atoms with Crippen molar-refractivity contribution in [3.63, 3.8) is 0 Å². The Labute approximate surface area is 188 Å². The normalized spacial score (nSPS) is 17.6. The van der Waals surface area contributed by atoms with Crippen LogP contribution >= 0.6 is 11.6 Å². The number of ketones is 1. The van der Waals surface area contributed by atoms with Crippen LogP contribution in [0.4, 0.5) is 11.4 Å². The fourth-order valence-electron chi connectivity index (χ4n) is 3.75. The Morgan fingerprint density at radius 3 is 2.25 bits per heavy atom. The van der Waals surface area contributed by atoms with Gasteiger partial charge in [-0.2, -0.15) is 0 Å². The maximum atomic E-state index is 13.1. The number of nitro benzene ring substituents is 1. The van der Waals surface area contributed by atoms with Gasteiger partial charge in [0.25, 0.3) is 17.4 Å². The molecule has 0 bridgehead atoms. The predicted molar refractivity (Wildman–Crippen MR) is 121 cm³/mol. The van der Waals surface area contributed by atoms with Gasteiger partial charge in [-0.1, -0.05) is 41.4 Å². The Morgan fingerprint density at radius 2 is 1.62 bits per heavy atom. The number of aliphatic hydroxyl groups excluding tert-OH is 1. The van der Waals surface area contributed by atoms with Crippen molar-refractivity contribution in [1.29, 1.82) is 0 Å². The molecule has 1 aliphatic heterocycles. The highest BCUT2D eigenvalue weighted by Gasteiger charge is 2.48. The van der Waals surface area contributed by atoms with E-state index in [0.717, 1.165) is 5.56 Å². The van der Waals surface area contributed by atoms with E-state index in [1.807, 2.05) is 6.92 Å². The van der Waals surface area contributed by atoms with Crippen molar-refractivity contribution in [2.24, 2.45) is 0 Å². The molecule has 3 aromatic rings. The lowest BCUT2D eigenvalue weighted by Crippen LogP contribution is -2.29. The van der Waals surface area contributed by atoms with Gasteiger partial charge in [0.05, 0.1) is 16.1 Å². The number of para-hydroxylation sites is 1. The monoisotopic (exact) mass is 448 g/mol. The number of aryl methyl sites for hydroxylation is 1. The van der Waals surface area contributed by atoms with E-state index in [4.69, 9.17) is 11.6 Å². The number of anilines is 1. The van der Waals surface area contributed by atoms with E-state index in [9.17, 15) is 24.8 Å². The molecule has 0 aromatic heterocycles. The van der Waals surface area contributed by atoms with E-state index in [1.165, 1.54) is 47.4 Å². The van der Waals surface area contributed by atoms with Crippen LogP contribution in [0, 0.1) is 17.0 Å². The quantitative estimate of drug-likeness (QED) is 0.195. The molecule has 1 saturated heterocycles. The van der Waals surface area contributed by atoms with E-state index in [1.54, 1.807) is 30.3 Å². The van der Waals surface area contributed by atoms with Crippen LogP contribution in [-0.4, -0.2) is 21.7 Å². The fourth-order valence-corrected chi connectivity index (χ4v) is 3.87. The fraction of sp³-hybridized carbons (Fsp3) is 0.0833. The maximum Gasteiger partial charge on any atom is 0.300 e. The molecule has 1 aliphatic rings. The van der Waals surface area contributed by atoms with E-state index >= 15 is 0 Å². The number of nitro groups is 1. The Bertz CT molecular complexity index is 1270. The molecule has 1 N–H and O–H groups in total. The first-order valence-corrected chi connectivity index (χ1v) is 10.0. The van der Waals surface area contributed by atoms with Gasteiger partial charge >= 0.3 is 0 Å². The third-order valence-electron chi connectivity index (χ3n) is 5.30. The summed E-state index contributed by atoms with van der Waals surface area (Å²) in [7, 11) is 0. The van der Waals surface area contributed by atoms with Crippen LogP contribution in [0.2, 0.25) is 5.02 Å². The van der Waals surface area contributed by atoms with Gasteiger partial charge in [0.15, 0.2) is 0 Å². The molecule has 0 aliphatic carbocycles. The topological polar surface area (TPSA) is 101 Å². The highest BCUT2D eigenvalue weighted by molar-refractivity contribution is 6.51. The van der Waals surface area contributed by atoms with Gasteiger partial charge in [-0.15, -0.1) is 0 Å². The van der Waals surface area contributed by atoms with Crippen LogP contribution in [0.5, 0.6) is 0 Å². The molecule has 1 heterocycles. The summed E-state index contributed by atoms with van der Waals surface area (Å²) in [6.07, 6.45) is 0. The predicted octanol–water partition coefficient (Wildman–Crippen LogP) is 5.18. The zero-order valence-corrected chi connectivity index (χ0v) is 17.6. The molecule has 1 atom stereocenters. The second kappa shape index (κ2) is 8.28. The van der Waals surface area contributed by atoms with E-state index in [0.29, 0.717) is 10.7 Å². The minimum absolute atomic E-state index is 0.118. The highest BCUT2D eigenvalue weighted by Crippen LogP contribution is 2.44. The van der Waals surface area contributed by atoms with Crippen LogP contribution in [0.3, 0.4) is 0 Å². The number of hydrogen-bond donors (Lipinski definition) is 1. The zero-order valence-electron chi connectivity index (χ0n) is 16.9. The molecule has 4 rings (SSSR count). The van der Waals surface area contributed by atoms with Crippen molar-refractivity contribution in [2.45, 2.75) is 13.0 Å². The second-order valence-corrected chi connectivity index (χ2v) is 7.76. The number of hydrogen-bond acceptors (Lipinski definition) is 5. The highest BCUT2D eigenvalue weighted by atomic mass is 35.5. The average Bonchev–Trinajstić information content (AvgIpc) is 3.05. The summed E-state index contributed by atoms with van der Waals surface area (Å²) in [4.78, 5) is 38.5. The van der Waals surface area contributed by atoms with Crippen molar-refractivity contribution in [1.82, 2.24) is 0 Å². The molecule has 32 heavy (non-hydrogen) atoms. The summed E-state index contributed by atoms with van der Waals surface area (Å²) in [5.41, 5.74) is 1.21. The van der Waals surface area contributed by atoms with Crippen LogP contribution in [0.15, 0.2) is 78.4 Å². The standard InChI is InChI=1S/C24H17ClN2O5/c1-14-6-12-17(13-7-14)26-21(18-4-2-3-5-19(18)27(31)32)20(23(29)24(26)30)22(28)15-8-10-16(25)11-9-15/h2-13,21,28H,1H3. The van der Waals surface area contributed by atoms with Gasteiger partial charge in [-0.05, 0) is 49.4 Å². The van der Waals surface area contributed by atoms with Crippen LogP contribution < -0.4 is 4.90 Å². The van der Waals surface area contributed by atoms with Crippen LogP contribution in [0.25, 0.3) is 5.76 Å². The van der Waals surface area contributed by atoms with Crippen molar-refractivity contribution in [2.75, 3.05) is 4.90 Å². The average molecular weight is 449 g/mol. The number of amides is 1. The Balaban J connectivity index is 2.00. The molecule has 1 unspecified atom stereocenters. The molecule has 160 valence electrons. The first kappa shape index (κ1) is 21.3. The Hall–Kier alpha value is -3.97.